The lowest BCUT2D eigenvalue weighted by molar-refractivity contribution is 0.0703. The highest BCUT2D eigenvalue weighted by molar-refractivity contribution is 7.89. The smallest absolute Gasteiger partial charge is 0.265 e. The van der Waals surface area contributed by atoms with E-state index in [4.69, 9.17) is 23.2 Å². The largest absolute Gasteiger partial charge is 0.335 e. The molecule has 2 aromatic carbocycles. The number of thiophene rings is 1. The van der Waals surface area contributed by atoms with Gasteiger partial charge in [-0.2, -0.15) is 4.31 Å². The molecule has 31 heavy (non-hydrogen) atoms. The van der Waals surface area contributed by atoms with Crippen molar-refractivity contribution in [3.05, 3.63) is 51.3 Å². The van der Waals surface area contributed by atoms with Crippen molar-refractivity contribution < 1.29 is 17.8 Å². The average molecular weight is 497 g/mol. The first-order valence-corrected chi connectivity index (χ1v) is 12.3. The van der Waals surface area contributed by atoms with Crippen LogP contribution in [0.4, 0.5) is 0 Å². The maximum Gasteiger partial charge on any atom is 0.265 e. The van der Waals surface area contributed by atoms with Gasteiger partial charge in [0.2, 0.25) is 10.0 Å². The Bertz CT molecular complexity index is 1430. The zero-order valence-corrected chi connectivity index (χ0v) is 18.9. The molecule has 0 radical (unpaired) electrons. The minimum Gasteiger partial charge on any atom is -0.335 e. The van der Waals surface area contributed by atoms with Crippen molar-refractivity contribution in [2.75, 3.05) is 26.2 Å². The van der Waals surface area contributed by atoms with E-state index in [1.807, 2.05) is 0 Å². The van der Waals surface area contributed by atoms with E-state index in [1.54, 1.807) is 35.2 Å². The molecule has 5 rings (SSSR count). The Labute approximate surface area is 190 Å². The Morgan fingerprint density at radius 1 is 1.06 bits per heavy atom. The summed E-state index contributed by atoms with van der Waals surface area (Å²) >= 11 is 13.8. The molecule has 1 saturated heterocycles. The fourth-order valence-electron chi connectivity index (χ4n) is 3.58. The molecular weight excluding hydrogens is 483 g/mol. The van der Waals surface area contributed by atoms with Crippen LogP contribution < -0.4 is 0 Å². The van der Waals surface area contributed by atoms with E-state index in [2.05, 4.69) is 14.9 Å². The first-order valence-electron chi connectivity index (χ1n) is 9.24. The summed E-state index contributed by atoms with van der Waals surface area (Å²) in [7, 11) is -3.81. The third-order valence-electron chi connectivity index (χ3n) is 5.18. The summed E-state index contributed by atoms with van der Waals surface area (Å²) in [6.07, 6.45) is 0. The zero-order chi connectivity index (χ0) is 21.8. The van der Waals surface area contributed by atoms with Crippen LogP contribution in [0.15, 0.2) is 45.9 Å². The van der Waals surface area contributed by atoms with Crippen molar-refractivity contribution in [3.63, 3.8) is 0 Å². The lowest BCUT2D eigenvalue weighted by Crippen LogP contribution is -2.50. The molecule has 0 unspecified atom stereocenters. The minimum absolute atomic E-state index is 0.0375. The summed E-state index contributed by atoms with van der Waals surface area (Å²) < 4.78 is 33.1. The van der Waals surface area contributed by atoms with Crippen molar-refractivity contribution in [1.82, 2.24) is 19.5 Å². The second kappa shape index (κ2) is 7.72. The maximum absolute atomic E-state index is 13.1. The molecule has 3 heterocycles. The number of halogens is 2. The summed E-state index contributed by atoms with van der Waals surface area (Å²) in [6.45, 7) is 0.807. The van der Waals surface area contributed by atoms with Crippen LogP contribution in [-0.4, -0.2) is 60.0 Å². The molecule has 0 N–H and O–H groups in total. The Kier molecular flexibility index (Phi) is 5.14. The van der Waals surface area contributed by atoms with Gasteiger partial charge in [-0.25, -0.2) is 13.0 Å². The summed E-state index contributed by atoms with van der Waals surface area (Å²) in [5.41, 5.74) is 0.561. The number of amides is 1. The third-order valence-corrected chi connectivity index (χ3v) is 8.99. The number of sulfonamides is 1. The average Bonchev–Trinajstić information content (AvgIpc) is 3.37. The van der Waals surface area contributed by atoms with E-state index in [9.17, 15) is 13.2 Å². The first-order chi connectivity index (χ1) is 14.9. The predicted molar refractivity (Wildman–Crippen MR) is 118 cm³/mol. The number of hydrogen-bond acceptors (Lipinski definition) is 7. The SMILES string of the molecule is O=C(c1sc2cc(Cl)ccc2c1Cl)N1CCN(S(=O)(=O)c2cccc3nonc23)CC1. The molecule has 0 bridgehead atoms. The number of hydrogen-bond donors (Lipinski definition) is 0. The van der Waals surface area contributed by atoms with Crippen LogP contribution in [0.2, 0.25) is 10.0 Å². The Hall–Kier alpha value is -2.24. The number of fused-ring (bicyclic) bond motifs is 2. The van der Waals surface area contributed by atoms with Crippen molar-refractivity contribution >= 4 is 71.6 Å². The highest BCUT2D eigenvalue weighted by atomic mass is 35.5. The van der Waals surface area contributed by atoms with Crippen LogP contribution in [0.5, 0.6) is 0 Å². The molecule has 0 saturated carbocycles. The molecule has 160 valence electrons. The van der Waals surface area contributed by atoms with Gasteiger partial charge in [0.1, 0.15) is 15.3 Å². The number of carbonyl (C=O) groups is 1. The first kappa shape index (κ1) is 20.7. The van der Waals surface area contributed by atoms with Gasteiger partial charge in [-0.05, 0) is 34.6 Å². The van der Waals surface area contributed by atoms with Crippen LogP contribution >= 0.6 is 34.5 Å². The zero-order valence-electron chi connectivity index (χ0n) is 15.8. The highest BCUT2D eigenvalue weighted by Crippen LogP contribution is 2.37. The molecule has 0 aliphatic carbocycles. The normalized spacial score (nSPS) is 15.7. The molecular formula is C19H14Cl2N4O4S2. The summed E-state index contributed by atoms with van der Waals surface area (Å²) in [5.74, 6) is -0.220. The molecule has 0 spiro atoms. The number of piperazine rings is 1. The van der Waals surface area contributed by atoms with Crippen LogP contribution in [0.3, 0.4) is 0 Å². The second-order valence-electron chi connectivity index (χ2n) is 6.97. The van der Waals surface area contributed by atoms with Gasteiger partial charge in [0.25, 0.3) is 5.91 Å². The quantitative estimate of drug-likeness (QED) is 0.426. The summed E-state index contributed by atoms with van der Waals surface area (Å²) in [6, 6.07) is 9.98. The Morgan fingerprint density at radius 2 is 1.84 bits per heavy atom. The van der Waals surface area contributed by atoms with Crippen molar-refractivity contribution in [1.29, 1.82) is 0 Å². The van der Waals surface area contributed by atoms with E-state index in [1.165, 1.54) is 21.7 Å². The van der Waals surface area contributed by atoms with E-state index in [0.717, 1.165) is 10.1 Å². The number of nitrogens with zero attached hydrogens (tertiary/aromatic N) is 4. The fraction of sp³-hybridized carbons (Fsp3) is 0.211. The molecule has 4 aromatic rings. The molecule has 1 amide bonds. The van der Waals surface area contributed by atoms with E-state index in [-0.39, 0.29) is 42.5 Å². The van der Waals surface area contributed by atoms with Gasteiger partial charge in [0.05, 0.1) is 5.02 Å². The Morgan fingerprint density at radius 3 is 2.61 bits per heavy atom. The van der Waals surface area contributed by atoms with Crippen molar-refractivity contribution in [3.8, 4) is 0 Å². The van der Waals surface area contributed by atoms with Gasteiger partial charge in [-0.15, -0.1) is 11.3 Å². The van der Waals surface area contributed by atoms with Gasteiger partial charge >= 0.3 is 0 Å². The van der Waals surface area contributed by atoms with Gasteiger partial charge < -0.3 is 4.90 Å². The lowest BCUT2D eigenvalue weighted by Gasteiger charge is -2.33. The van der Waals surface area contributed by atoms with Gasteiger partial charge in [-0.3, -0.25) is 4.79 Å². The van der Waals surface area contributed by atoms with Gasteiger partial charge in [-0.1, -0.05) is 35.3 Å². The topological polar surface area (TPSA) is 96.6 Å². The molecule has 1 aliphatic heterocycles. The van der Waals surface area contributed by atoms with Crippen molar-refractivity contribution in [2.45, 2.75) is 4.90 Å². The van der Waals surface area contributed by atoms with Gasteiger partial charge in [0.15, 0.2) is 5.52 Å². The van der Waals surface area contributed by atoms with Gasteiger partial charge in [0, 0.05) is 41.3 Å². The van der Waals surface area contributed by atoms with E-state index in [0.29, 0.717) is 20.4 Å². The van der Waals surface area contributed by atoms with Crippen molar-refractivity contribution in [2.24, 2.45) is 0 Å². The van der Waals surface area contributed by atoms with E-state index >= 15 is 0 Å². The fourth-order valence-corrected chi connectivity index (χ4v) is 6.90. The molecule has 8 nitrogen and oxygen atoms in total. The van der Waals surface area contributed by atoms with Crippen LogP contribution in [0.1, 0.15) is 9.67 Å². The molecule has 1 aliphatic rings. The number of rotatable bonds is 3. The molecule has 1 fully saturated rings. The maximum atomic E-state index is 13.1. The number of benzene rings is 2. The second-order valence-corrected chi connectivity index (χ2v) is 10.7. The highest BCUT2D eigenvalue weighted by Gasteiger charge is 2.33. The Balaban J connectivity index is 1.36. The van der Waals surface area contributed by atoms with Crippen LogP contribution in [0, 0.1) is 0 Å². The minimum atomic E-state index is -3.81. The number of aromatic nitrogens is 2. The molecule has 12 heteroatoms. The monoisotopic (exact) mass is 496 g/mol. The summed E-state index contributed by atoms with van der Waals surface area (Å²) in [4.78, 5) is 15.1. The van der Waals surface area contributed by atoms with E-state index < -0.39 is 10.0 Å². The van der Waals surface area contributed by atoms with Crippen LogP contribution in [0.25, 0.3) is 21.1 Å². The third kappa shape index (κ3) is 3.48. The molecule has 0 atom stereocenters. The standard InChI is InChI=1S/C19H14Cl2N4O4S2/c20-11-4-5-12-14(10-11)30-18(16(12)21)19(26)24-6-8-25(9-7-24)31(27,28)15-3-1-2-13-17(15)23-29-22-13/h1-5,10H,6-9H2. The lowest BCUT2D eigenvalue weighted by atomic mass is 10.2. The predicted octanol–water partition coefficient (Wildman–Crippen LogP) is 3.89. The molecule has 2 aromatic heterocycles. The number of carbonyl (C=O) groups excluding carboxylic acids is 1. The summed E-state index contributed by atoms with van der Waals surface area (Å²) in [5, 5.41) is 9.15. The van der Waals surface area contributed by atoms with Crippen LogP contribution in [-0.2, 0) is 10.0 Å².